The number of nitrogens with one attached hydrogen (secondary N) is 1. The second kappa shape index (κ2) is 6.74. The van der Waals surface area contributed by atoms with Gasteiger partial charge in [-0.1, -0.05) is 6.07 Å². The van der Waals surface area contributed by atoms with E-state index in [0.29, 0.717) is 18.8 Å². The topological polar surface area (TPSA) is 66.8 Å². The van der Waals surface area contributed by atoms with Crippen molar-refractivity contribution >= 4 is 23.5 Å². The summed E-state index contributed by atoms with van der Waals surface area (Å²) in [6.07, 6.45) is 3.60. The first-order valence-electron chi connectivity index (χ1n) is 8.87. The highest BCUT2D eigenvalue weighted by molar-refractivity contribution is 5.93. The van der Waals surface area contributed by atoms with Crippen molar-refractivity contribution in [2.45, 2.75) is 18.9 Å². The van der Waals surface area contributed by atoms with Crippen LogP contribution in [-0.4, -0.2) is 41.3 Å². The molecular formula is C19H22N4O3. The zero-order chi connectivity index (χ0) is 18.1. The minimum Gasteiger partial charge on any atom is -0.447 e. The van der Waals surface area contributed by atoms with E-state index in [1.807, 2.05) is 42.4 Å². The summed E-state index contributed by atoms with van der Waals surface area (Å²) in [6.45, 7) is 1.65. The average Bonchev–Trinajstić information content (AvgIpc) is 3.35. The molecule has 2 aliphatic heterocycles. The van der Waals surface area contributed by atoms with Crippen LogP contribution in [0.15, 0.2) is 42.6 Å². The van der Waals surface area contributed by atoms with E-state index < -0.39 is 0 Å². The molecule has 3 amide bonds. The minimum absolute atomic E-state index is 0.0896. The molecule has 1 atom stereocenters. The van der Waals surface area contributed by atoms with Gasteiger partial charge in [-0.15, -0.1) is 0 Å². The molecule has 136 valence electrons. The number of benzene rings is 1. The molecule has 2 aromatic rings. The lowest BCUT2D eigenvalue weighted by atomic mass is 10.1. The van der Waals surface area contributed by atoms with Gasteiger partial charge in [0.05, 0.1) is 12.6 Å². The first kappa shape index (κ1) is 16.5. The van der Waals surface area contributed by atoms with Crippen molar-refractivity contribution in [3.63, 3.8) is 0 Å². The van der Waals surface area contributed by atoms with Crippen LogP contribution < -0.4 is 10.2 Å². The van der Waals surface area contributed by atoms with Crippen LogP contribution in [0.2, 0.25) is 0 Å². The number of amides is 3. The molecule has 26 heavy (non-hydrogen) atoms. The van der Waals surface area contributed by atoms with Crippen LogP contribution in [0.3, 0.4) is 0 Å². The first-order valence-corrected chi connectivity index (χ1v) is 8.87. The van der Waals surface area contributed by atoms with Gasteiger partial charge in [-0.25, -0.2) is 9.59 Å². The Kier molecular flexibility index (Phi) is 4.28. The Balaban J connectivity index is 1.49. The smallest absolute Gasteiger partial charge is 0.414 e. The summed E-state index contributed by atoms with van der Waals surface area (Å²) in [6, 6.07) is 11.3. The SMILES string of the molecule is Cn1cccc1[C@@H]1CCCN1C(=O)Nc1cccc(N2CCOC2=O)c1. The van der Waals surface area contributed by atoms with Crippen LogP contribution >= 0.6 is 0 Å². The number of anilines is 2. The maximum absolute atomic E-state index is 12.8. The van der Waals surface area contributed by atoms with Crippen molar-refractivity contribution < 1.29 is 14.3 Å². The number of hydrogen-bond acceptors (Lipinski definition) is 3. The minimum atomic E-state index is -0.350. The summed E-state index contributed by atoms with van der Waals surface area (Å²) >= 11 is 0. The van der Waals surface area contributed by atoms with Crippen molar-refractivity contribution in [1.82, 2.24) is 9.47 Å². The lowest BCUT2D eigenvalue weighted by Crippen LogP contribution is -2.35. The number of ether oxygens (including phenoxy) is 1. The molecule has 2 saturated heterocycles. The lowest BCUT2D eigenvalue weighted by molar-refractivity contribution is 0.181. The maximum atomic E-state index is 12.8. The number of hydrogen-bond donors (Lipinski definition) is 1. The van der Waals surface area contributed by atoms with Crippen LogP contribution in [0.4, 0.5) is 21.0 Å². The molecule has 1 aromatic carbocycles. The molecule has 0 radical (unpaired) electrons. The fourth-order valence-corrected chi connectivity index (χ4v) is 3.71. The van der Waals surface area contributed by atoms with E-state index in [2.05, 4.69) is 16.0 Å². The Bertz CT molecular complexity index is 832. The van der Waals surface area contributed by atoms with E-state index in [1.54, 1.807) is 11.0 Å². The van der Waals surface area contributed by atoms with E-state index in [9.17, 15) is 9.59 Å². The molecule has 7 heteroatoms. The van der Waals surface area contributed by atoms with Crippen LogP contribution in [0, 0.1) is 0 Å². The molecule has 1 N–H and O–H groups in total. The van der Waals surface area contributed by atoms with Crippen molar-refractivity contribution in [2.75, 3.05) is 29.9 Å². The first-order chi connectivity index (χ1) is 12.6. The summed E-state index contributed by atoms with van der Waals surface area (Å²) in [4.78, 5) is 28.0. The second-order valence-corrected chi connectivity index (χ2v) is 6.64. The second-order valence-electron chi connectivity index (χ2n) is 6.64. The number of cyclic esters (lactones) is 1. The summed E-state index contributed by atoms with van der Waals surface area (Å²) in [5.74, 6) is 0. The van der Waals surface area contributed by atoms with Crippen molar-refractivity contribution in [3.05, 3.63) is 48.3 Å². The van der Waals surface area contributed by atoms with Gasteiger partial charge in [0, 0.05) is 36.9 Å². The summed E-state index contributed by atoms with van der Waals surface area (Å²) in [5, 5.41) is 2.97. The molecule has 3 heterocycles. The average molecular weight is 354 g/mol. The molecule has 1 aromatic heterocycles. The fraction of sp³-hybridized carbons (Fsp3) is 0.368. The van der Waals surface area contributed by atoms with E-state index in [-0.39, 0.29) is 18.2 Å². The lowest BCUT2D eigenvalue weighted by Gasteiger charge is -2.26. The zero-order valence-corrected chi connectivity index (χ0v) is 14.7. The van der Waals surface area contributed by atoms with Gasteiger partial charge < -0.3 is 19.5 Å². The molecule has 2 aliphatic rings. The third kappa shape index (κ3) is 3.00. The number of urea groups is 1. The monoisotopic (exact) mass is 354 g/mol. The summed E-state index contributed by atoms with van der Waals surface area (Å²) in [5.41, 5.74) is 2.54. The van der Waals surface area contributed by atoms with Gasteiger partial charge in [0.25, 0.3) is 0 Å². The maximum Gasteiger partial charge on any atom is 0.414 e. The van der Waals surface area contributed by atoms with Gasteiger partial charge in [0.2, 0.25) is 0 Å². The predicted octanol–water partition coefficient (Wildman–Crippen LogP) is 3.35. The third-order valence-electron chi connectivity index (χ3n) is 5.01. The Morgan fingerprint density at radius 1 is 1.23 bits per heavy atom. The highest BCUT2D eigenvalue weighted by Crippen LogP contribution is 2.32. The number of aromatic nitrogens is 1. The van der Waals surface area contributed by atoms with Crippen LogP contribution in [0.1, 0.15) is 24.6 Å². The number of nitrogens with zero attached hydrogens (tertiary/aromatic N) is 3. The van der Waals surface area contributed by atoms with E-state index >= 15 is 0 Å². The number of carbonyl (C=O) groups is 2. The van der Waals surface area contributed by atoms with Gasteiger partial charge in [0.15, 0.2) is 0 Å². The van der Waals surface area contributed by atoms with Gasteiger partial charge in [-0.3, -0.25) is 4.90 Å². The van der Waals surface area contributed by atoms with Gasteiger partial charge >= 0.3 is 12.1 Å². The molecule has 2 fully saturated rings. The number of aryl methyl sites for hydroxylation is 1. The molecule has 0 spiro atoms. The van der Waals surface area contributed by atoms with Gasteiger partial charge in [-0.2, -0.15) is 0 Å². The molecule has 0 bridgehead atoms. The quantitative estimate of drug-likeness (QED) is 0.919. The standard InChI is InChI=1S/C19H22N4O3/c1-21-9-3-7-16(21)17-8-4-10-23(17)18(24)20-14-5-2-6-15(13-14)22-11-12-26-19(22)25/h2-3,5-7,9,13,17H,4,8,10-12H2,1H3,(H,20,24)/t17-/m0/s1. The Hall–Kier alpha value is -2.96. The highest BCUT2D eigenvalue weighted by Gasteiger charge is 2.31. The Morgan fingerprint density at radius 3 is 2.85 bits per heavy atom. The van der Waals surface area contributed by atoms with Gasteiger partial charge in [0.1, 0.15) is 6.61 Å². The van der Waals surface area contributed by atoms with Crippen LogP contribution in [0.25, 0.3) is 0 Å². The van der Waals surface area contributed by atoms with Crippen molar-refractivity contribution in [1.29, 1.82) is 0 Å². The largest absolute Gasteiger partial charge is 0.447 e. The van der Waals surface area contributed by atoms with Crippen LogP contribution in [0.5, 0.6) is 0 Å². The Morgan fingerprint density at radius 2 is 2.12 bits per heavy atom. The molecule has 0 unspecified atom stereocenters. The van der Waals surface area contributed by atoms with E-state index in [0.717, 1.165) is 30.8 Å². The summed E-state index contributed by atoms with van der Waals surface area (Å²) in [7, 11) is 2.00. The third-order valence-corrected chi connectivity index (χ3v) is 5.01. The van der Waals surface area contributed by atoms with Crippen molar-refractivity contribution in [3.8, 4) is 0 Å². The van der Waals surface area contributed by atoms with E-state index in [4.69, 9.17) is 4.74 Å². The Labute approximate surface area is 152 Å². The normalized spacial score (nSPS) is 19.7. The number of rotatable bonds is 3. The molecule has 0 aliphatic carbocycles. The van der Waals surface area contributed by atoms with Crippen LogP contribution in [-0.2, 0) is 11.8 Å². The van der Waals surface area contributed by atoms with Crippen molar-refractivity contribution in [2.24, 2.45) is 7.05 Å². The molecule has 0 saturated carbocycles. The van der Waals surface area contributed by atoms with Gasteiger partial charge in [-0.05, 0) is 43.2 Å². The number of carbonyl (C=O) groups excluding carboxylic acids is 2. The molecule has 7 nitrogen and oxygen atoms in total. The van der Waals surface area contributed by atoms with E-state index in [1.165, 1.54) is 0 Å². The highest BCUT2D eigenvalue weighted by atomic mass is 16.6. The molecular weight excluding hydrogens is 332 g/mol. The fourth-order valence-electron chi connectivity index (χ4n) is 3.71. The predicted molar refractivity (Wildman–Crippen MR) is 98.2 cm³/mol. The molecule has 4 rings (SSSR count). The summed E-state index contributed by atoms with van der Waals surface area (Å²) < 4.78 is 7.04. The number of likely N-dealkylation sites (tertiary alicyclic amines) is 1. The zero-order valence-electron chi connectivity index (χ0n) is 14.7.